The molecule has 0 amide bonds. The van der Waals surface area contributed by atoms with Gasteiger partial charge in [-0.05, 0) is 31.7 Å². The van der Waals surface area contributed by atoms with Gasteiger partial charge in [0.05, 0.1) is 18.4 Å². The number of hydrogen-bond acceptors (Lipinski definition) is 4. The molecular formula is C13H17FN4O2S. The molecule has 8 heteroatoms. The van der Waals surface area contributed by atoms with Crippen LogP contribution in [0.1, 0.15) is 5.56 Å². The van der Waals surface area contributed by atoms with Crippen LogP contribution in [0.5, 0.6) is 0 Å². The van der Waals surface area contributed by atoms with E-state index in [4.69, 9.17) is 0 Å². The molecule has 0 aliphatic carbocycles. The highest BCUT2D eigenvalue weighted by atomic mass is 32.2. The van der Waals surface area contributed by atoms with Crippen molar-refractivity contribution in [1.82, 2.24) is 15.1 Å². The van der Waals surface area contributed by atoms with Gasteiger partial charge in [0.25, 0.3) is 10.0 Å². The monoisotopic (exact) mass is 312 g/mol. The van der Waals surface area contributed by atoms with Crippen LogP contribution in [-0.4, -0.2) is 31.8 Å². The van der Waals surface area contributed by atoms with Gasteiger partial charge in [0, 0.05) is 12.7 Å². The number of nitrogens with one attached hydrogen (secondary N) is 2. The fourth-order valence-electron chi connectivity index (χ4n) is 1.74. The number of nitrogens with zero attached hydrogens (tertiary/aromatic N) is 2. The summed E-state index contributed by atoms with van der Waals surface area (Å²) < 4.78 is 41.6. The van der Waals surface area contributed by atoms with Gasteiger partial charge in [-0.25, -0.2) is 12.8 Å². The lowest BCUT2D eigenvalue weighted by molar-refractivity contribution is 0.582. The van der Waals surface area contributed by atoms with Gasteiger partial charge in [-0.2, -0.15) is 5.10 Å². The Morgan fingerprint density at radius 1 is 1.38 bits per heavy atom. The van der Waals surface area contributed by atoms with Crippen molar-refractivity contribution in [3.63, 3.8) is 0 Å². The van der Waals surface area contributed by atoms with Gasteiger partial charge >= 0.3 is 0 Å². The van der Waals surface area contributed by atoms with Crippen LogP contribution in [-0.2, 0) is 16.6 Å². The predicted molar refractivity (Wildman–Crippen MR) is 78.1 cm³/mol. The molecule has 0 spiro atoms. The van der Waals surface area contributed by atoms with E-state index in [9.17, 15) is 12.8 Å². The smallest absolute Gasteiger partial charge is 0.265 e. The number of hydrogen-bond donors (Lipinski definition) is 2. The fourth-order valence-corrected chi connectivity index (χ4v) is 2.81. The molecule has 0 unspecified atom stereocenters. The first-order chi connectivity index (χ1) is 9.92. The topological polar surface area (TPSA) is 76.0 Å². The second-order valence-electron chi connectivity index (χ2n) is 4.61. The molecular weight excluding hydrogens is 295 g/mol. The van der Waals surface area contributed by atoms with Gasteiger partial charge in [-0.1, -0.05) is 6.07 Å². The molecule has 0 saturated carbocycles. The molecule has 21 heavy (non-hydrogen) atoms. The quantitative estimate of drug-likeness (QED) is 0.844. The molecule has 2 rings (SSSR count). The SMILES string of the molecule is CNCCn1cc(S(=O)(=O)Nc2cc(F)ccc2C)cn1. The summed E-state index contributed by atoms with van der Waals surface area (Å²) in [6.07, 6.45) is 2.71. The van der Waals surface area contributed by atoms with Crippen LogP contribution < -0.4 is 10.0 Å². The minimum Gasteiger partial charge on any atom is -0.318 e. The maximum atomic E-state index is 13.2. The first-order valence-corrected chi connectivity index (χ1v) is 7.87. The average Bonchev–Trinajstić information content (AvgIpc) is 2.90. The number of benzene rings is 1. The molecule has 0 aliphatic heterocycles. The van der Waals surface area contributed by atoms with Gasteiger partial charge < -0.3 is 5.32 Å². The lowest BCUT2D eigenvalue weighted by atomic mass is 10.2. The first kappa shape index (κ1) is 15.5. The zero-order chi connectivity index (χ0) is 15.5. The molecule has 0 radical (unpaired) electrons. The van der Waals surface area contributed by atoms with Crippen molar-refractivity contribution in [2.24, 2.45) is 0 Å². The van der Waals surface area contributed by atoms with E-state index < -0.39 is 15.8 Å². The molecule has 2 aromatic rings. The van der Waals surface area contributed by atoms with E-state index in [0.717, 1.165) is 6.07 Å². The van der Waals surface area contributed by atoms with E-state index in [-0.39, 0.29) is 10.6 Å². The van der Waals surface area contributed by atoms with E-state index in [1.165, 1.54) is 29.2 Å². The highest BCUT2D eigenvalue weighted by Gasteiger charge is 2.17. The Kier molecular flexibility index (Phi) is 4.59. The number of anilines is 1. The van der Waals surface area contributed by atoms with Crippen LogP contribution in [0.25, 0.3) is 0 Å². The van der Waals surface area contributed by atoms with Crippen molar-refractivity contribution in [3.05, 3.63) is 42.0 Å². The molecule has 1 heterocycles. The summed E-state index contributed by atoms with van der Waals surface area (Å²) in [5.41, 5.74) is 0.862. The lowest BCUT2D eigenvalue weighted by Gasteiger charge is -2.09. The van der Waals surface area contributed by atoms with Gasteiger partial charge in [-0.3, -0.25) is 9.40 Å². The first-order valence-electron chi connectivity index (χ1n) is 6.38. The summed E-state index contributed by atoms with van der Waals surface area (Å²) in [4.78, 5) is 0.0438. The molecule has 2 N–H and O–H groups in total. The Bertz CT molecular complexity index is 728. The van der Waals surface area contributed by atoms with Crippen LogP contribution in [0, 0.1) is 12.7 Å². The van der Waals surface area contributed by atoms with E-state index in [1.54, 1.807) is 14.0 Å². The minimum absolute atomic E-state index is 0.0438. The van der Waals surface area contributed by atoms with E-state index in [1.807, 2.05) is 0 Å². The highest BCUT2D eigenvalue weighted by molar-refractivity contribution is 7.92. The second kappa shape index (κ2) is 6.23. The number of sulfonamides is 1. The van der Waals surface area contributed by atoms with Gasteiger partial charge in [-0.15, -0.1) is 0 Å². The van der Waals surface area contributed by atoms with Gasteiger partial charge in [0.15, 0.2) is 0 Å². The molecule has 0 atom stereocenters. The maximum absolute atomic E-state index is 13.2. The third-order valence-corrected chi connectivity index (χ3v) is 4.27. The zero-order valence-electron chi connectivity index (χ0n) is 11.8. The third kappa shape index (κ3) is 3.79. The van der Waals surface area contributed by atoms with Crippen molar-refractivity contribution in [2.75, 3.05) is 18.3 Å². The van der Waals surface area contributed by atoms with E-state index >= 15 is 0 Å². The van der Waals surface area contributed by atoms with Crippen LogP contribution in [0.2, 0.25) is 0 Å². The van der Waals surface area contributed by atoms with E-state index in [0.29, 0.717) is 18.7 Å². The third-order valence-electron chi connectivity index (χ3n) is 2.95. The molecule has 6 nitrogen and oxygen atoms in total. The van der Waals surface area contributed by atoms with E-state index in [2.05, 4.69) is 15.1 Å². The Morgan fingerprint density at radius 2 is 2.14 bits per heavy atom. The van der Waals surface area contributed by atoms with Gasteiger partial charge in [0.1, 0.15) is 10.7 Å². The zero-order valence-corrected chi connectivity index (χ0v) is 12.6. The van der Waals surface area contributed by atoms with Crippen LogP contribution in [0.4, 0.5) is 10.1 Å². The van der Waals surface area contributed by atoms with Crippen molar-refractivity contribution >= 4 is 15.7 Å². The van der Waals surface area contributed by atoms with Gasteiger partial charge in [0.2, 0.25) is 0 Å². The summed E-state index contributed by atoms with van der Waals surface area (Å²) in [5, 5.41) is 6.94. The molecule has 0 fully saturated rings. The average molecular weight is 312 g/mol. The molecule has 0 aliphatic rings. The van der Waals surface area contributed by atoms with Crippen molar-refractivity contribution in [2.45, 2.75) is 18.4 Å². The number of halogens is 1. The summed E-state index contributed by atoms with van der Waals surface area (Å²) in [7, 11) is -1.98. The minimum atomic E-state index is -3.78. The second-order valence-corrected chi connectivity index (χ2v) is 6.29. The Labute approximate surface area is 123 Å². The maximum Gasteiger partial charge on any atom is 0.265 e. The largest absolute Gasteiger partial charge is 0.318 e. The van der Waals surface area contributed by atoms with Crippen molar-refractivity contribution < 1.29 is 12.8 Å². The number of aryl methyl sites for hydroxylation is 1. The Morgan fingerprint density at radius 3 is 2.86 bits per heavy atom. The number of likely N-dealkylation sites (N-methyl/N-ethyl adjacent to an activating group) is 1. The van der Waals surface area contributed by atoms with Crippen LogP contribution in [0.15, 0.2) is 35.5 Å². The lowest BCUT2D eigenvalue weighted by Crippen LogP contribution is -2.15. The molecule has 0 bridgehead atoms. The van der Waals surface area contributed by atoms with Crippen LogP contribution in [0.3, 0.4) is 0 Å². The highest BCUT2D eigenvalue weighted by Crippen LogP contribution is 2.20. The molecule has 0 saturated heterocycles. The molecule has 1 aromatic heterocycles. The summed E-state index contributed by atoms with van der Waals surface area (Å²) in [5.74, 6) is -0.497. The summed E-state index contributed by atoms with van der Waals surface area (Å²) in [6, 6.07) is 3.95. The Hall–Kier alpha value is -1.93. The van der Waals surface area contributed by atoms with Crippen molar-refractivity contribution in [1.29, 1.82) is 0 Å². The predicted octanol–water partition coefficient (Wildman–Crippen LogP) is 1.35. The fraction of sp³-hybridized carbons (Fsp3) is 0.308. The molecule has 114 valence electrons. The number of rotatable bonds is 6. The Balaban J connectivity index is 2.22. The number of aromatic nitrogens is 2. The van der Waals surface area contributed by atoms with Crippen LogP contribution >= 0.6 is 0 Å². The summed E-state index contributed by atoms with van der Waals surface area (Å²) in [6.45, 7) is 2.94. The molecule has 1 aromatic carbocycles. The normalized spacial score (nSPS) is 11.6. The van der Waals surface area contributed by atoms with Crippen molar-refractivity contribution in [3.8, 4) is 0 Å². The summed E-state index contributed by atoms with van der Waals surface area (Å²) >= 11 is 0. The standard InChI is InChI=1S/C13H17FN4O2S/c1-10-3-4-11(14)7-13(10)17-21(19,20)12-8-16-18(9-12)6-5-15-2/h3-4,7-9,15,17H,5-6H2,1-2H3.